The molecule has 4 rings (SSSR count). The Hall–Kier alpha value is -2.63. The van der Waals surface area contributed by atoms with E-state index >= 15 is 0 Å². The molecule has 12 heteroatoms. The summed E-state index contributed by atoms with van der Waals surface area (Å²) in [7, 11) is -3.81. The molecule has 3 heterocycles. The predicted molar refractivity (Wildman–Crippen MR) is 109 cm³/mol. The highest BCUT2D eigenvalue weighted by molar-refractivity contribution is 7.89. The lowest BCUT2D eigenvalue weighted by Crippen LogP contribution is -2.23. The molecular weight excluding hydrogens is 433 g/mol. The van der Waals surface area contributed by atoms with Gasteiger partial charge in [-0.05, 0) is 31.2 Å². The monoisotopic (exact) mass is 456 g/mol. The Labute approximate surface area is 177 Å². The summed E-state index contributed by atoms with van der Waals surface area (Å²) in [6.45, 7) is 2.07. The standard InChI is InChI=1S/C19H23F3N6O2S/c1-2-13-8-12(10-25-31(29,30)7-3-5-19(20,21)22)9-14(13)18-27-26-16-11-24-17-15(28(16)18)4-6-23-17/h4,6,10-11,13-14,23,25H,2-3,5,7-9H2,1H3/b12-10+. The first-order valence-corrected chi connectivity index (χ1v) is 11.7. The minimum atomic E-state index is -4.36. The second-order valence-electron chi connectivity index (χ2n) is 7.86. The van der Waals surface area contributed by atoms with Crippen LogP contribution in [0.5, 0.6) is 0 Å². The molecule has 2 unspecified atom stereocenters. The van der Waals surface area contributed by atoms with Crippen molar-refractivity contribution in [3.63, 3.8) is 0 Å². The highest BCUT2D eigenvalue weighted by atomic mass is 32.2. The number of H-pyrrole nitrogens is 1. The Morgan fingerprint density at radius 2 is 2.13 bits per heavy atom. The second kappa shape index (κ2) is 8.13. The van der Waals surface area contributed by atoms with E-state index in [1.54, 1.807) is 12.4 Å². The summed E-state index contributed by atoms with van der Waals surface area (Å²) in [5.74, 6) is 0.520. The lowest BCUT2D eigenvalue weighted by Gasteiger charge is -2.15. The molecule has 1 fully saturated rings. The topological polar surface area (TPSA) is 105 Å². The zero-order valence-corrected chi connectivity index (χ0v) is 17.7. The lowest BCUT2D eigenvalue weighted by molar-refractivity contribution is -0.134. The van der Waals surface area contributed by atoms with E-state index < -0.39 is 34.8 Å². The van der Waals surface area contributed by atoms with Crippen LogP contribution in [-0.4, -0.2) is 44.9 Å². The van der Waals surface area contributed by atoms with Gasteiger partial charge < -0.3 is 4.98 Å². The van der Waals surface area contributed by atoms with Crippen LogP contribution in [0, 0.1) is 5.92 Å². The third-order valence-electron chi connectivity index (χ3n) is 5.71. The Bertz CT molecular complexity index is 1210. The summed E-state index contributed by atoms with van der Waals surface area (Å²) in [4.78, 5) is 7.39. The number of halogens is 3. The maximum absolute atomic E-state index is 12.3. The molecule has 31 heavy (non-hydrogen) atoms. The van der Waals surface area contributed by atoms with E-state index in [1.807, 2.05) is 10.5 Å². The van der Waals surface area contributed by atoms with Crippen molar-refractivity contribution in [2.45, 2.75) is 51.1 Å². The molecule has 2 N–H and O–H groups in total. The van der Waals surface area contributed by atoms with E-state index in [4.69, 9.17) is 0 Å². The summed E-state index contributed by atoms with van der Waals surface area (Å²) < 4.78 is 65.2. The van der Waals surface area contributed by atoms with Crippen LogP contribution in [0.2, 0.25) is 0 Å². The number of hydrogen-bond acceptors (Lipinski definition) is 5. The number of aromatic nitrogens is 5. The van der Waals surface area contributed by atoms with Crippen LogP contribution in [-0.2, 0) is 10.0 Å². The van der Waals surface area contributed by atoms with Crippen molar-refractivity contribution in [2.24, 2.45) is 5.92 Å². The first-order valence-electron chi connectivity index (χ1n) is 10.1. The molecule has 0 aromatic carbocycles. The average molecular weight is 456 g/mol. The first kappa shape index (κ1) is 21.6. The zero-order chi connectivity index (χ0) is 22.2. The number of fused-ring (bicyclic) bond motifs is 3. The SMILES string of the molecule is CCC1C/C(=C\NS(=O)(=O)CCCC(F)(F)F)CC1c1nnc2cnc3[nH]ccc3n12. The molecule has 1 saturated carbocycles. The molecule has 0 amide bonds. The number of aromatic amines is 1. The fourth-order valence-corrected chi connectivity index (χ4v) is 5.18. The molecule has 0 aliphatic heterocycles. The third kappa shape index (κ3) is 4.68. The van der Waals surface area contributed by atoms with Gasteiger partial charge in [0.2, 0.25) is 10.0 Å². The van der Waals surface area contributed by atoms with Gasteiger partial charge in [0.25, 0.3) is 0 Å². The molecule has 0 radical (unpaired) electrons. The van der Waals surface area contributed by atoms with Gasteiger partial charge >= 0.3 is 6.18 Å². The molecule has 0 saturated heterocycles. The Morgan fingerprint density at radius 3 is 2.87 bits per heavy atom. The number of hydrogen-bond donors (Lipinski definition) is 2. The maximum atomic E-state index is 12.3. The summed E-state index contributed by atoms with van der Waals surface area (Å²) in [6, 6.07) is 1.91. The molecule has 2 atom stereocenters. The largest absolute Gasteiger partial charge is 0.389 e. The molecule has 1 aliphatic carbocycles. The molecule has 0 spiro atoms. The van der Waals surface area contributed by atoms with Crippen LogP contribution in [0.4, 0.5) is 13.2 Å². The number of rotatable bonds is 7. The molecule has 8 nitrogen and oxygen atoms in total. The van der Waals surface area contributed by atoms with Crippen molar-refractivity contribution in [3.8, 4) is 0 Å². The number of allylic oxidation sites excluding steroid dienone is 1. The maximum Gasteiger partial charge on any atom is 0.389 e. The fraction of sp³-hybridized carbons (Fsp3) is 0.526. The summed E-state index contributed by atoms with van der Waals surface area (Å²) in [5.41, 5.74) is 3.13. The fourth-order valence-electron chi connectivity index (χ4n) is 4.19. The molecule has 168 valence electrons. The highest BCUT2D eigenvalue weighted by Gasteiger charge is 2.34. The first-order chi connectivity index (χ1) is 14.7. The van der Waals surface area contributed by atoms with Crippen molar-refractivity contribution < 1.29 is 21.6 Å². The van der Waals surface area contributed by atoms with Gasteiger partial charge in [-0.1, -0.05) is 18.9 Å². The van der Waals surface area contributed by atoms with Gasteiger partial charge in [0.15, 0.2) is 11.3 Å². The van der Waals surface area contributed by atoms with Crippen molar-refractivity contribution in [3.05, 3.63) is 36.1 Å². The van der Waals surface area contributed by atoms with E-state index in [9.17, 15) is 21.6 Å². The predicted octanol–water partition coefficient (Wildman–Crippen LogP) is 3.66. The molecular formula is C19H23F3N6O2S. The van der Waals surface area contributed by atoms with Crippen LogP contribution in [0.15, 0.2) is 30.2 Å². The van der Waals surface area contributed by atoms with Crippen LogP contribution in [0.25, 0.3) is 16.8 Å². The van der Waals surface area contributed by atoms with Gasteiger partial charge in [0.1, 0.15) is 5.82 Å². The number of sulfonamides is 1. The van der Waals surface area contributed by atoms with Crippen molar-refractivity contribution in [1.82, 2.24) is 29.3 Å². The minimum Gasteiger partial charge on any atom is -0.345 e. The summed E-state index contributed by atoms with van der Waals surface area (Å²) in [5, 5.41) is 8.64. The van der Waals surface area contributed by atoms with Gasteiger partial charge in [-0.2, -0.15) is 13.2 Å². The summed E-state index contributed by atoms with van der Waals surface area (Å²) >= 11 is 0. The highest BCUT2D eigenvalue weighted by Crippen LogP contribution is 2.44. The van der Waals surface area contributed by atoms with Gasteiger partial charge in [0.05, 0.1) is 17.5 Å². The molecule has 3 aromatic rings. The molecule has 1 aliphatic rings. The normalized spacial score (nSPS) is 21.5. The van der Waals surface area contributed by atoms with Crippen LogP contribution < -0.4 is 4.72 Å². The molecule has 3 aromatic heterocycles. The minimum absolute atomic E-state index is 0.0430. The Balaban J connectivity index is 1.52. The number of nitrogens with one attached hydrogen (secondary N) is 2. The van der Waals surface area contributed by atoms with Crippen LogP contribution in [0.3, 0.4) is 0 Å². The van der Waals surface area contributed by atoms with Crippen molar-refractivity contribution in [2.75, 3.05) is 5.75 Å². The second-order valence-corrected chi connectivity index (χ2v) is 9.74. The number of alkyl halides is 3. The Morgan fingerprint density at radius 1 is 1.32 bits per heavy atom. The van der Waals surface area contributed by atoms with Crippen LogP contribution in [0.1, 0.15) is 50.8 Å². The zero-order valence-electron chi connectivity index (χ0n) is 16.9. The van der Waals surface area contributed by atoms with E-state index in [0.717, 1.165) is 29.0 Å². The third-order valence-corrected chi connectivity index (χ3v) is 7.02. The van der Waals surface area contributed by atoms with Crippen molar-refractivity contribution >= 4 is 26.8 Å². The Kier molecular flexibility index (Phi) is 5.67. The van der Waals surface area contributed by atoms with Crippen molar-refractivity contribution in [1.29, 1.82) is 0 Å². The number of nitrogens with zero attached hydrogens (tertiary/aromatic N) is 4. The van der Waals surface area contributed by atoms with E-state index in [0.29, 0.717) is 18.5 Å². The lowest BCUT2D eigenvalue weighted by atomic mass is 9.93. The van der Waals surface area contributed by atoms with Crippen LogP contribution >= 0.6 is 0 Å². The van der Waals surface area contributed by atoms with E-state index in [-0.39, 0.29) is 11.8 Å². The quantitative estimate of drug-likeness (QED) is 0.565. The smallest absolute Gasteiger partial charge is 0.345 e. The van der Waals surface area contributed by atoms with E-state index in [1.165, 1.54) is 6.20 Å². The van der Waals surface area contributed by atoms with E-state index in [2.05, 4.69) is 31.8 Å². The van der Waals surface area contributed by atoms with Gasteiger partial charge in [-0.25, -0.2) is 13.4 Å². The van der Waals surface area contributed by atoms with Gasteiger partial charge in [0, 0.05) is 24.7 Å². The summed E-state index contributed by atoms with van der Waals surface area (Å²) in [6.07, 6.45) is 1.09. The molecule has 0 bridgehead atoms. The average Bonchev–Trinajstić information content (AvgIpc) is 3.41. The van der Waals surface area contributed by atoms with Gasteiger partial charge in [-0.15, -0.1) is 10.2 Å². The van der Waals surface area contributed by atoms with Gasteiger partial charge in [-0.3, -0.25) is 9.12 Å².